The topological polar surface area (TPSA) is 80.6 Å². The van der Waals surface area contributed by atoms with E-state index in [-0.39, 0.29) is 18.0 Å². The van der Waals surface area contributed by atoms with Crippen LogP contribution in [0.25, 0.3) is 10.8 Å². The van der Waals surface area contributed by atoms with Gasteiger partial charge in [-0.2, -0.15) is 5.10 Å². The van der Waals surface area contributed by atoms with E-state index in [2.05, 4.69) is 15.0 Å². The van der Waals surface area contributed by atoms with Gasteiger partial charge in [0, 0.05) is 56.1 Å². The summed E-state index contributed by atoms with van der Waals surface area (Å²) in [5.74, 6) is 0.718. The van der Waals surface area contributed by atoms with Crippen LogP contribution in [0.4, 0.5) is 5.69 Å². The Morgan fingerprint density at radius 2 is 1.69 bits per heavy atom. The molecule has 2 aromatic heterocycles. The number of hydrogen-bond acceptors (Lipinski definition) is 6. The second-order valence-electron chi connectivity index (χ2n) is 8.56. The third-order valence-electron chi connectivity index (χ3n) is 6.39. The monoisotopic (exact) mass is 469 g/mol. The van der Waals surface area contributed by atoms with Crippen LogP contribution in [0.5, 0.6) is 5.75 Å². The van der Waals surface area contributed by atoms with Crippen LogP contribution >= 0.6 is 0 Å². The van der Waals surface area contributed by atoms with Crippen molar-refractivity contribution < 1.29 is 9.53 Å². The van der Waals surface area contributed by atoms with E-state index in [1.165, 1.54) is 4.68 Å². The molecule has 1 fully saturated rings. The van der Waals surface area contributed by atoms with Gasteiger partial charge in [0.25, 0.3) is 5.56 Å². The molecule has 1 saturated heterocycles. The Labute approximate surface area is 203 Å². The molecule has 2 aromatic carbocycles. The number of fused-ring (bicyclic) bond motifs is 1. The lowest BCUT2D eigenvalue weighted by Crippen LogP contribution is -2.50. The number of carbonyl (C=O) groups excluding carboxylic acids is 1. The van der Waals surface area contributed by atoms with Crippen molar-refractivity contribution in [2.75, 3.05) is 38.2 Å². The molecule has 35 heavy (non-hydrogen) atoms. The van der Waals surface area contributed by atoms with Crippen LogP contribution < -0.4 is 15.2 Å². The number of anilines is 1. The maximum absolute atomic E-state index is 13.1. The third kappa shape index (κ3) is 4.87. The number of rotatable bonds is 6. The molecule has 0 radical (unpaired) electrons. The summed E-state index contributed by atoms with van der Waals surface area (Å²) in [6, 6.07) is 19.2. The quantitative estimate of drug-likeness (QED) is 0.432. The lowest BCUT2D eigenvalue weighted by atomic mass is 10.1. The summed E-state index contributed by atoms with van der Waals surface area (Å²) in [5, 5.41) is 5.99. The first-order valence-electron chi connectivity index (χ1n) is 11.7. The van der Waals surface area contributed by atoms with Gasteiger partial charge < -0.3 is 14.5 Å². The number of nitrogens with zero attached hydrogens (tertiary/aromatic N) is 5. The number of pyridine rings is 1. The van der Waals surface area contributed by atoms with Crippen molar-refractivity contribution in [1.29, 1.82) is 0 Å². The smallest absolute Gasteiger partial charge is 0.275 e. The van der Waals surface area contributed by atoms with E-state index in [0.29, 0.717) is 24.9 Å². The Morgan fingerprint density at radius 3 is 2.37 bits per heavy atom. The van der Waals surface area contributed by atoms with E-state index < -0.39 is 0 Å². The minimum absolute atomic E-state index is 0.0771. The first-order chi connectivity index (χ1) is 17.1. The molecule has 0 bridgehead atoms. The van der Waals surface area contributed by atoms with Crippen molar-refractivity contribution in [3.63, 3.8) is 0 Å². The predicted octanol–water partition coefficient (Wildman–Crippen LogP) is 2.74. The molecule has 0 atom stereocenters. The molecule has 8 nitrogen and oxygen atoms in total. The zero-order valence-electron chi connectivity index (χ0n) is 19.6. The van der Waals surface area contributed by atoms with Crippen LogP contribution in [0.15, 0.2) is 77.9 Å². The zero-order valence-corrected chi connectivity index (χ0v) is 19.6. The highest BCUT2D eigenvalue weighted by Gasteiger charge is 2.23. The summed E-state index contributed by atoms with van der Waals surface area (Å²) in [6.07, 6.45) is 4.05. The van der Waals surface area contributed by atoms with Crippen LogP contribution in [0, 0.1) is 0 Å². The maximum Gasteiger partial charge on any atom is 0.275 e. The van der Waals surface area contributed by atoms with Crippen LogP contribution in [-0.4, -0.2) is 58.9 Å². The van der Waals surface area contributed by atoms with Crippen molar-refractivity contribution in [1.82, 2.24) is 19.7 Å². The molecule has 0 spiro atoms. The van der Waals surface area contributed by atoms with Gasteiger partial charge in [-0.05, 0) is 42.0 Å². The molecule has 0 aliphatic carbocycles. The highest BCUT2D eigenvalue weighted by molar-refractivity contribution is 5.84. The first kappa shape index (κ1) is 22.6. The lowest BCUT2D eigenvalue weighted by molar-refractivity contribution is -0.132. The SMILES string of the molecule is COc1ccc(N2CCN(C(=O)Cn3nc(Cc4cccnc4)c4ccccc4c3=O)CC2)cc1. The predicted molar refractivity (Wildman–Crippen MR) is 135 cm³/mol. The summed E-state index contributed by atoms with van der Waals surface area (Å²) >= 11 is 0. The van der Waals surface area contributed by atoms with Gasteiger partial charge in [0.15, 0.2) is 0 Å². The van der Waals surface area contributed by atoms with Gasteiger partial charge in [-0.25, -0.2) is 4.68 Å². The van der Waals surface area contributed by atoms with Crippen molar-refractivity contribution in [2.45, 2.75) is 13.0 Å². The Bertz CT molecular complexity index is 1380. The highest BCUT2D eigenvalue weighted by Crippen LogP contribution is 2.21. The summed E-state index contributed by atoms with van der Waals surface area (Å²) in [5.41, 5.74) is 2.60. The number of carbonyl (C=O) groups is 1. The van der Waals surface area contributed by atoms with Gasteiger partial charge in [-0.15, -0.1) is 0 Å². The Kier molecular flexibility index (Phi) is 6.43. The molecule has 4 aromatic rings. The lowest BCUT2D eigenvalue weighted by Gasteiger charge is -2.36. The van der Waals surface area contributed by atoms with E-state index in [0.717, 1.165) is 41.2 Å². The molecule has 1 amide bonds. The molecule has 8 heteroatoms. The number of aromatic nitrogens is 3. The molecule has 1 aliphatic heterocycles. The summed E-state index contributed by atoms with van der Waals surface area (Å²) in [7, 11) is 1.65. The zero-order chi connectivity index (χ0) is 24.2. The second-order valence-corrected chi connectivity index (χ2v) is 8.56. The van der Waals surface area contributed by atoms with E-state index >= 15 is 0 Å². The minimum Gasteiger partial charge on any atom is -0.497 e. The number of methoxy groups -OCH3 is 1. The normalized spacial score (nSPS) is 13.7. The van der Waals surface area contributed by atoms with Gasteiger partial charge in [0.05, 0.1) is 18.2 Å². The van der Waals surface area contributed by atoms with Gasteiger partial charge >= 0.3 is 0 Å². The average molecular weight is 470 g/mol. The Hall–Kier alpha value is -4.20. The van der Waals surface area contributed by atoms with Gasteiger partial charge in [-0.1, -0.05) is 24.3 Å². The fourth-order valence-electron chi connectivity index (χ4n) is 4.47. The number of hydrogen-bond donors (Lipinski definition) is 0. The number of benzene rings is 2. The number of ether oxygens (including phenoxy) is 1. The molecule has 0 saturated carbocycles. The molecule has 3 heterocycles. The Balaban J connectivity index is 1.32. The molecule has 178 valence electrons. The number of piperazine rings is 1. The van der Waals surface area contributed by atoms with Crippen molar-refractivity contribution in [3.8, 4) is 5.75 Å². The molecule has 5 rings (SSSR count). The molecular weight excluding hydrogens is 442 g/mol. The largest absolute Gasteiger partial charge is 0.497 e. The fourth-order valence-corrected chi connectivity index (χ4v) is 4.47. The number of amides is 1. The van der Waals surface area contributed by atoms with E-state index in [1.54, 1.807) is 25.6 Å². The second kappa shape index (κ2) is 9.97. The van der Waals surface area contributed by atoms with E-state index in [9.17, 15) is 9.59 Å². The summed E-state index contributed by atoms with van der Waals surface area (Å²) in [6.45, 7) is 2.56. The van der Waals surface area contributed by atoms with Gasteiger partial charge in [0.1, 0.15) is 12.3 Å². The highest BCUT2D eigenvalue weighted by atomic mass is 16.5. The van der Waals surface area contributed by atoms with Crippen LogP contribution in [-0.2, 0) is 17.8 Å². The standard InChI is InChI=1S/C27H27N5O3/c1-35-22-10-8-21(9-11-22)30-13-15-31(16-14-30)26(33)19-32-27(34)24-7-3-2-6-23(24)25(29-32)17-20-5-4-12-28-18-20/h2-12,18H,13-17,19H2,1H3. The van der Waals surface area contributed by atoms with Crippen molar-refractivity contribution >= 4 is 22.4 Å². The van der Waals surface area contributed by atoms with Crippen LogP contribution in [0.1, 0.15) is 11.3 Å². The van der Waals surface area contributed by atoms with Crippen molar-refractivity contribution in [3.05, 3.63) is 94.7 Å². The van der Waals surface area contributed by atoms with Crippen LogP contribution in [0.3, 0.4) is 0 Å². The fraction of sp³-hybridized carbons (Fsp3) is 0.259. The van der Waals surface area contributed by atoms with E-state index in [1.807, 2.05) is 59.5 Å². The molecular formula is C27H27N5O3. The third-order valence-corrected chi connectivity index (χ3v) is 6.39. The average Bonchev–Trinajstić information content (AvgIpc) is 2.92. The van der Waals surface area contributed by atoms with Crippen LogP contribution in [0.2, 0.25) is 0 Å². The molecule has 1 aliphatic rings. The van der Waals surface area contributed by atoms with Gasteiger partial charge in [-0.3, -0.25) is 14.6 Å². The summed E-state index contributed by atoms with van der Waals surface area (Å²) in [4.78, 5) is 34.5. The van der Waals surface area contributed by atoms with Gasteiger partial charge in [0.2, 0.25) is 5.91 Å². The van der Waals surface area contributed by atoms with E-state index in [4.69, 9.17) is 4.74 Å². The summed E-state index contributed by atoms with van der Waals surface area (Å²) < 4.78 is 6.54. The van der Waals surface area contributed by atoms with Crippen molar-refractivity contribution in [2.24, 2.45) is 0 Å². The minimum atomic E-state index is -0.249. The molecule has 0 unspecified atom stereocenters. The maximum atomic E-state index is 13.1. The first-order valence-corrected chi connectivity index (χ1v) is 11.7. The Morgan fingerprint density at radius 1 is 0.943 bits per heavy atom. The molecule has 0 N–H and O–H groups in total.